The summed E-state index contributed by atoms with van der Waals surface area (Å²) in [6, 6.07) is 2.85. The molecule has 2 aromatic heterocycles. The minimum absolute atomic E-state index is 0.101. The van der Waals surface area contributed by atoms with Crippen LogP contribution in [0.25, 0.3) is 10.7 Å². The van der Waals surface area contributed by atoms with Crippen molar-refractivity contribution in [3.8, 4) is 10.7 Å². The fraction of sp³-hybridized carbons (Fsp3) is 0.333. The number of hydrogen-bond acceptors (Lipinski definition) is 6. The van der Waals surface area contributed by atoms with Gasteiger partial charge in [-0.25, -0.2) is 0 Å². The Balaban J connectivity index is 1.86. The van der Waals surface area contributed by atoms with Crippen molar-refractivity contribution in [2.24, 2.45) is 0 Å². The van der Waals surface area contributed by atoms with E-state index in [0.29, 0.717) is 11.7 Å². The first-order valence-electron chi connectivity index (χ1n) is 5.95. The molecule has 20 heavy (non-hydrogen) atoms. The molecule has 1 amide bonds. The molecule has 2 aromatic rings. The lowest BCUT2D eigenvalue weighted by atomic mass is 10.2. The maximum Gasteiger partial charge on any atom is 0.325 e. The zero-order valence-corrected chi connectivity index (χ0v) is 11.5. The number of aryl methyl sites for hydroxylation is 1. The van der Waals surface area contributed by atoms with Crippen LogP contribution in [0.1, 0.15) is 19.2 Å². The van der Waals surface area contributed by atoms with Crippen LogP contribution in [0.2, 0.25) is 0 Å². The topological polar surface area (TPSA) is 105 Å². The molecule has 0 saturated heterocycles. The van der Waals surface area contributed by atoms with Crippen LogP contribution in [0.3, 0.4) is 0 Å². The lowest BCUT2D eigenvalue weighted by Gasteiger charge is -2.07. The van der Waals surface area contributed by atoms with E-state index in [4.69, 9.17) is 9.63 Å². The highest BCUT2D eigenvalue weighted by atomic mass is 32.1. The Kier molecular flexibility index (Phi) is 4.46. The van der Waals surface area contributed by atoms with Gasteiger partial charge in [-0.1, -0.05) is 11.2 Å². The molecule has 106 valence electrons. The van der Waals surface area contributed by atoms with Crippen LogP contribution in [0.4, 0.5) is 0 Å². The van der Waals surface area contributed by atoms with Gasteiger partial charge in [0, 0.05) is 12.8 Å². The van der Waals surface area contributed by atoms with Crippen molar-refractivity contribution < 1.29 is 19.2 Å². The molecule has 0 saturated carbocycles. The fourth-order valence-corrected chi connectivity index (χ4v) is 2.11. The summed E-state index contributed by atoms with van der Waals surface area (Å²) in [5.74, 6) is -0.590. The Morgan fingerprint density at radius 2 is 2.35 bits per heavy atom. The second-order valence-corrected chi connectivity index (χ2v) is 5.06. The number of rotatable bonds is 6. The van der Waals surface area contributed by atoms with Crippen LogP contribution < -0.4 is 5.32 Å². The Bertz CT molecular complexity index is 594. The molecule has 0 unspecified atom stereocenters. The van der Waals surface area contributed by atoms with Crippen LogP contribution in [-0.4, -0.2) is 33.2 Å². The van der Waals surface area contributed by atoms with Gasteiger partial charge >= 0.3 is 5.97 Å². The summed E-state index contributed by atoms with van der Waals surface area (Å²) in [7, 11) is 0. The van der Waals surface area contributed by atoms with E-state index in [1.807, 2.05) is 17.5 Å². The first-order valence-corrected chi connectivity index (χ1v) is 6.83. The summed E-state index contributed by atoms with van der Waals surface area (Å²) in [6.07, 6.45) is 0.375. The van der Waals surface area contributed by atoms with E-state index in [1.165, 1.54) is 18.3 Å². The van der Waals surface area contributed by atoms with Gasteiger partial charge in [-0.3, -0.25) is 9.59 Å². The average Bonchev–Trinajstić information content (AvgIpc) is 3.07. The molecule has 0 radical (unpaired) electrons. The van der Waals surface area contributed by atoms with E-state index in [9.17, 15) is 9.59 Å². The van der Waals surface area contributed by atoms with Gasteiger partial charge in [-0.05, 0) is 18.4 Å². The second kappa shape index (κ2) is 6.29. The number of thiophene rings is 1. The van der Waals surface area contributed by atoms with E-state index in [-0.39, 0.29) is 18.7 Å². The highest BCUT2D eigenvalue weighted by Gasteiger charge is 2.15. The number of aromatic nitrogens is 2. The van der Waals surface area contributed by atoms with E-state index < -0.39 is 12.0 Å². The summed E-state index contributed by atoms with van der Waals surface area (Å²) in [5.41, 5.74) is 0. The lowest BCUT2D eigenvalue weighted by Crippen LogP contribution is -2.38. The quantitative estimate of drug-likeness (QED) is 0.832. The summed E-state index contributed by atoms with van der Waals surface area (Å²) >= 11 is 1.50. The van der Waals surface area contributed by atoms with Crippen LogP contribution in [-0.2, 0) is 16.0 Å². The van der Waals surface area contributed by atoms with Crippen molar-refractivity contribution in [2.75, 3.05) is 0 Å². The van der Waals surface area contributed by atoms with Crippen molar-refractivity contribution in [2.45, 2.75) is 25.8 Å². The molecule has 0 bridgehead atoms. The summed E-state index contributed by atoms with van der Waals surface area (Å²) in [4.78, 5) is 27.2. The molecule has 0 aliphatic rings. The molecule has 0 aromatic carbocycles. The number of carbonyl (C=O) groups is 2. The Morgan fingerprint density at radius 3 is 3.00 bits per heavy atom. The number of carbonyl (C=O) groups excluding carboxylic acids is 1. The highest BCUT2D eigenvalue weighted by Crippen LogP contribution is 2.21. The predicted octanol–water partition coefficient (Wildman–Crippen LogP) is 1.32. The Hall–Kier alpha value is -2.22. The summed E-state index contributed by atoms with van der Waals surface area (Å²) in [6.45, 7) is 1.40. The maximum atomic E-state index is 11.5. The monoisotopic (exact) mass is 295 g/mol. The molecule has 0 aliphatic heterocycles. The summed E-state index contributed by atoms with van der Waals surface area (Å²) < 4.78 is 5.04. The number of nitrogens with one attached hydrogen (secondary N) is 1. The van der Waals surface area contributed by atoms with Gasteiger partial charge in [0.05, 0.1) is 4.88 Å². The van der Waals surface area contributed by atoms with Gasteiger partial charge in [0.1, 0.15) is 6.04 Å². The number of aliphatic carboxylic acids is 1. The third kappa shape index (κ3) is 3.64. The molecule has 0 fully saturated rings. The van der Waals surface area contributed by atoms with Crippen molar-refractivity contribution in [3.63, 3.8) is 0 Å². The fourth-order valence-electron chi connectivity index (χ4n) is 1.46. The smallest absolute Gasteiger partial charge is 0.325 e. The third-order valence-corrected chi connectivity index (χ3v) is 3.39. The van der Waals surface area contributed by atoms with Gasteiger partial charge in [-0.2, -0.15) is 4.98 Å². The van der Waals surface area contributed by atoms with Crippen LogP contribution >= 0.6 is 11.3 Å². The highest BCUT2D eigenvalue weighted by molar-refractivity contribution is 7.13. The zero-order valence-electron chi connectivity index (χ0n) is 10.7. The van der Waals surface area contributed by atoms with Crippen LogP contribution in [0.5, 0.6) is 0 Å². The molecule has 2 rings (SSSR count). The predicted molar refractivity (Wildman–Crippen MR) is 71.2 cm³/mol. The Morgan fingerprint density at radius 1 is 1.55 bits per heavy atom. The van der Waals surface area contributed by atoms with Crippen molar-refractivity contribution in [3.05, 3.63) is 23.4 Å². The minimum Gasteiger partial charge on any atom is -0.480 e. The van der Waals surface area contributed by atoms with Gasteiger partial charge in [0.25, 0.3) is 0 Å². The summed E-state index contributed by atoms with van der Waals surface area (Å²) in [5, 5.41) is 16.8. The molecule has 7 nitrogen and oxygen atoms in total. The van der Waals surface area contributed by atoms with Crippen molar-refractivity contribution in [1.82, 2.24) is 15.5 Å². The van der Waals surface area contributed by atoms with Gasteiger partial charge in [0.15, 0.2) is 0 Å². The van der Waals surface area contributed by atoms with Gasteiger partial charge < -0.3 is 14.9 Å². The third-order valence-electron chi connectivity index (χ3n) is 2.52. The normalized spacial score (nSPS) is 12.1. The zero-order chi connectivity index (χ0) is 14.5. The van der Waals surface area contributed by atoms with E-state index in [2.05, 4.69) is 15.5 Å². The minimum atomic E-state index is -1.07. The number of nitrogens with zero attached hydrogens (tertiary/aromatic N) is 2. The lowest BCUT2D eigenvalue weighted by molar-refractivity contribution is -0.141. The van der Waals surface area contributed by atoms with E-state index >= 15 is 0 Å². The molecular weight excluding hydrogens is 282 g/mol. The second-order valence-electron chi connectivity index (χ2n) is 4.12. The van der Waals surface area contributed by atoms with Gasteiger partial charge in [0.2, 0.25) is 17.6 Å². The number of carboxylic acids is 1. The first kappa shape index (κ1) is 14.2. The number of hydrogen-bond donors (Lipinski definition) is 2. The number of carboxylic acid groups (broad SMARTS) is 1. The molecule has 8 heteroatoms. The molecule has 1 atom stereocenters. The average molecular weight is 295 g/mol. The van der Waals surface area contributed by atoms with E-state index in [1.54, 1.807) is 0 Å². The van der Waals surface area contributed by atoms with E-state index in [0.717, 1.165) is 4.88 Å². The maximum absolute atomic E-state index is 11.5. The first-order chi connectivity index (χ1) is 9.56. The molecule has 2 N–H and O–H groups in total. The SMILES string of the molecule is C[C@H](NC(=O)CCc1nc(-c2cccs2)no1)C(=O)O. The number of amides is 1. The van der Waals surface area contributed by atoms with Crippen molar-refractivity contribution >= 4 is 23.2 Å². The molecule has 2 heterocycles. The van der Waals surface area contributed by atoms with Gasteiger partial charge in [-0.15, -0.1) is 11.3 Å². The standard InChI is InChI=1S/C12H13N3O4S/c1-7(12(17)18)13-9(16)4-5-10-14-11(15-19-10)8-3-2-6-20-8/h2-3,6-7H,4-5H2,1H3,(H,13,16)(H,17,18)/t7-/m0/s1. The molecule has 0 aliphatic carbocycles. The largest absolute Gasteiger partial charge is 0.480 e. The molecule has 0 spiro atoms. The van der Waals surface area contributed by atoms with Crippen molar-refractivity contribution in [1.29, 1.82) is 0 Å². The van der Waals surface area contributed by atoms with Crippen LogP contribution in [0.15, 0.2) is 22.0 Å². The van der Waals surface area contributed by atoms with Crippen LogP contribution in [0, 0.1) is 0 Å². The Labute approximate surface area is 118 Å². The molecular formula is C12H13N3O4S.